The van der Waals surface area contributed by atoms with E-state index in [1.807, 2.05) is 6.92 Å². The minimum Gasteiger partial charge on any atom is -0.352 e. The topological polar surface area (TPSA) is 97.5 Å². The lowest BCUT2D eigenvalue weighted by atomic mass is 10.2. The fourth-order valence-electron chi connectivity index (χ4n) is 5.36. The number of sulfonamides is 1. The highest BCUT2D eigenvalue weighted by Gasteiger charge is 2.32. The Morgan fingerprint density at radius 3 is 2.55 bits per heavy atom. The van der Waals surface area contributed by atoms with Gasteiger partial charge in [-0.15, -0.1) is 0 Å². The number of H-pyrrole nitrogens is 1. The summed E-state index contributed by atoms with van der Waals surface area (Å²) in [5.74, 6) is 0.515. The van der Waals surface area contributed by atoms with Gasteiger partial charge >= 0.3 is 0 Å². The summed E-state index contributed by atoms with van der Waals surface area (Å²) in [6, 6.07) is 11.5. The first-order valence-corrected chi connectivity index (χ1v) is 14.5. The van der Waals surface area contributed by atoms with Crippen LogP contribution in [0, 0.1) is 5.82 Å². The number of hydrogen-bond acceptors (Lipinski definition) is 6. The molecule has 9 nitrogen and oxygen atoms in total. The van der Waals surface area contributed by atoms with E-state index in [0.717, 1.165) is 35.1 Å². The number of hydrogen-bond donors (Lipinski definition) is 2. The number of nitrogens with zero attached hydrogens (tertiary/aromatic N) is 5. The van der Waals surface area contributed by atoms with E-state index in [4.69, 9.17) is 12.2 Å². The third-order valence-electron chi connectivity index (χ3n) is 7.40. The van der Waals surface area contributed by atoms with Gasteiger partial charge in [0.1, 0.15) is 23.6 Å². The van der Waals surface area contributed by atoms with Crippen molar-refractivity contribution in [1.82, 2.24) is 24.2 Å². The molecule has 0 aliphatic carbocycles. The number of rotatable bonds is 4. The molecular weight excluding hydrogens is 525 g/mol. The van der Waals surface area contributed by atoms with Crippen LogP contribution in [0.4, 0.5) is 15.9 Å². The zero-order valence-corrected chi connectivity index (χ0v) is 22.5. The van der Waals surface area contributed by atoms with Crippen molar-refractivity contribution in [2.24, 2.45) is 0 Å². The summed E-state index contributed by atoms with van der Waals surface area (Å²) in [6.07, 6.45) is 3.31. The van der Waals surface area contributed by atoms with Crippen molar-refractivity contribution in [2.75, 3.05) is 42.9 Å². The van der Waals surface area contributed by atoms with Gasteiger partial charge in [-0.25, -0.2) is 22.8 Å². The Morgan fingerprint density at radius 1 is 1.08 bits per heavy atom. The summed E-state index contributed by atoms with van der Waals surface area (Å²) >= 11 is 5.66. The van der Waals surface area contributed by atoms with E-state index in [9.17, 15) is 12.8 Å². The minimum atomic E-state index is -3.49. The molecule has 2 aliphatic rings. The lowest BCUT2D eigenvalue weighted by molar-refractivity contribution is 0.390. The second-order valence-corrected chi connectivity index (χ2v) is 12.0. The van der Waals surface area contributed by atoms with Gasteiger partial charge < -0.3 is 20.1 Å². The maximum absolute atomic E-state index is 13.7. The normalized spacial score (nSPS) is 18.9. The Balaban J connectivity index is 1.12. The maximum atomic E-state index is 13.7. The quantitative estimate of drug-likeness (QED) is 0.367. The van der Waals surface area contributed by atoms with E-state index < -0.39 is 10.0 Å². The second-order valence-electron chi connectivity index (χ2n) is 9.77. The Hall–Kier alpha value is -3.35. The number of nitrogens with one attached hydrogen (secondary N) is 2. The number of piperazine rings is 1. The molecule has 0 amide bonds. The van der Waals surface area contributed by atoms with Crippen LogP contribution >= 0.6 is 12.2 Å². The number of anilines is 2. The maximum Gasteiger partial charge on any atom is 0.243 e. The fourth-order valence-corrected chi connectivity index (χ4v) is 7.36. The van der Waals surface area contributed by atoms with Gasteiger partial charge in [0.2, 0.25) is 10.0 Å². The average Bonchev–Trinajstić information content (AvgIpc) is 3.52. The molecule has 38 heavy (non-hydrogen) atoms. The monoisotopic (exact) mass is 553 g/mol. The third-order valence-corrected chi connectivity index (χ3v) is 9.79. The Labute approximate surface area is 225 Å². The summed E-state index contributed by atoms with van der Waals surface area (Å²) in [5, 5.41) is 5.60. The summed E-state index contributed by atoms with van der Waals surface area (Å²) in [4.78, 5) is 16.7. The van der Waals surface area contributed by atoms with Gasteiger partial charge in [0.25, 0.3) is 0 Å². The van der Waals surface area contributed by atoms with Crippen molar-refractivity contribution in [3.8, 4) is 0 Å². The molecular formula is C26H28FN7O2S2. The van der Waals surface area contributed by atoms with Crippen molar-refractivity contribution in [3.63, 3.8) is 0 Å². The third kappa shape index (κ3) is 4.46. The van der Waals surface area contributed by atoms with Crippen LogP contribution in [0.2, 0.25) is 0 Å². The van der Waals surface area contributed by atoms with Crippen LogP contribution in [0.5, 0.6) is 0 Å². The molecule has 12 heteroatoms. The lowest BCUT2D eigenvalue weighted by Gasteiger charge is -2.37. The molecule has 2 saturated heterocycles. The molecule has 1 unspecified atom stereocenters. The Bertz CT molecular complexity index is 1620. The van der Waals surface area contributed by atoms with Crippen molar-refractivity contribution >= 4 is 60.8 Å². The number of aromatic nitrogens is 3. The van der Waals surface area contributed by atoms with E-state index in [-0.39, 0.29) is 11.9 Å². The molecule has 2 aromatic heterocycles. The predicted octanol–water partition coefficient (Wildman–Crippen LogP) is 3.94. The van der Waals surface area contributed by atoms with Crippen molar-refractivity contribution in [2.45, 2.75) is 30.7 Å². The minimum absolute atomic E-state index is 0.0291. The molecule has 4 aromatic rings. The molecule has 2 N–H and O–H groups in total. The Morgan fingerprint density at radius 2 is 1.84 bits per heavy atom. The molecule has 0 saturated carbocycles. The highest BCUT2D eigenvalue weighted by atomic mass is 32.2. The Kier molecular flexibility index (Phi) is 6.40. The summed E-state index contributed by atoms with van der Waals surface area (Å²) < 4.78 is 41.2. The number of halogens is 1. The molecule has 2 aromatic carbocycles. The number of aromatic amines is 1. The van der Waals surface area contributed by atoms with Crippen LogP contribution < -0.4 is 10.2 Å². The zero-order chi connectivity index (χ0) is 26.4. The van der Waals surface area contributed by atoms with E-state index in [1.54, 1.807) is 34.6 Å². The van der Waals surface area contributed by atoms with Crippen molar-refractivity contribution < 1.29 is 12.8 Å². The second kappa shape index (κ2) is 9.75. The van der Waals surface area contributed by atoms with Crippen LogP contribution in [0.3, 0.4) is 0 Å². The van der Waals surface area contributed by atoms with Gasteiger partial charge in [0, 0.05) is 49.8 Å². The molecule has 1 atom stereocenters. The smallest absolute Gasteiger partial charge is 0.243 e. The SMILES string of the molecule is CC1CCCN1S(=O)(=O)c1ccc(NC(=S)N2CCN(c3ncnc4[nH]c5cc(F)ccc5c34)CC2)cc1. The highest BCUT2D eigenvalue weighted by molar-refractivity contribution is 7.89. The number of thiocarbonyl (C=S) groups is 1. The zero-order valence-electron chi connectivity index (χ0n) is 20.9. The van der Waals surface area contributed by atoms with Crippen molar-refractivity contribution in [1.29, 1.82) is 0 Å². The van der Waals surface area contributed by atoms with Crippen molar-refractivity contribution in [3.05, 3.63) is 54.6 Å². The highest BCUT2D eigenvalue weighted by Crippen LogP contribution is 2.32. The largest absolute Gasteiger partial charge is 0.352 e. The first-order valence-electron chi connectivity index (χ1n) is 12.7. The van der Waals surface area contributed by atoms with E-state index >= 15 is 0 Å². The van der Waals surface area contributed by atoms with Gasteiger partial charge in [0.05, 0.1) is 15.8 Å². The summed E-state index contributed by atoms with van der Waals surface area (Å²) in [7, 11) is -3.49. The molecule has 2 fully saturated rings. The lowest BCUT2D eigenvalue weighted by Crippen LogP contribution is -2.50. The molecule has 0 bridgehead atoms. The predicted molar refractivity (Wildman–Crippen MR) is 150 cm³/mol. The van der Waals surface area contributed by atoms with Gasteiger partial charge in [0.15, 0.2) is 5.11 Å². The van der Waals surface area contributed by atoms with Gasteiger partial charge in [-0.3, -0.25) is 0 Å². The summed E-state index contributed by atoms with van der Waals surface area (Å²) in [6.45, 7) is 5.30. The standard InChI is InChI=1S/C26H28FN7O2S2/c1-17-3-2-10-34(17)38(35,36)20-7-5-19(6-8-20)30-26(37)33-13-11-32(12-14-33)25-23-21-9-4-18(27)15-22(21)31-24(23)28-16-29-25/h4-9,15-17H,2-3,10-14H2,1H3,(H,30,37)(H,28,29,31). The van der Waals surface area contributed by atoms with Crippen LogP contribution in [0.1, 0.15) is 19.8 Å². The van der Waals surface area contributed by atoms with E-state index in [0.29, 0.717) is 53.9 Å². The van der Waals surface area contributed by atoms with Crippen LogP contribution in [0.25, 0.3) is 21.9 Å². The first kappa shape index (κ1) is 25.0. The fraction of sp³-hybridized carbons (Fsp3) is 0.346. The van der Waals surface area contributed by atoms with Gasteiger partial charge in [-0.05, 0) is 74.4 Å². The number of fused-ring (bicyclic) bond motifs is 3. The average molecular weight is 554 g/mol. The first-order chi connectivity index (χ1) is 18.3. The molecule has 0 radical (unpaired) electrons. The summed E-state index contributed by atoms with van der Waals surface area (Å²) in [5.41, 5.74) is 2.12. The van der Waals surface area contributed by atoms with Gasteiger partial charge in [-0.1, -0.05) is 0 Å². The molecule has 6 rings (SSSR count). The number of benzene rings is 2. The van der Waals surface area contributed by atoms with Gasteiger partial charge in [-0.2, -0.15) is 4.31 Å². The van der Waals surface area contributed by atoms with Crippen LogP contribution in [-0.2, 0) is 10.0 Å². The molecule has 0 spiro atoms. The van der Waals surface area contributed by atoms with Crippen LogP contribution in [0.15, 0.2) is 53.7 Å². The molecule has 4 heterocycles. The molecule has 2 aliphatic heterocycles. The van der Waals surface area contributed by atoms with Crippen LogP contribution in [-0.4, -0.2) is 76.5 Å². The van der Waals surface area contributed by atoms with E-state index in [1.165, 1.54) is 18.5 Å². The van der Waals surface area contributed by atoms with E-state index in [2.05, 4.69) is 30.1 Å². The molecule has 198 valence electrons.